The zero-order valence-electron chi connectivity index (χ0n) is 18.2. The summed E-state index contributed by atoms with van der Waals surface area (Å²) in [6.45, 7) is 2.05. The lowest BCUT2D eigenvalue weighted by atomic mass is 9.89. The molecule has 168 valence electrons. The Bertz CT molecular complexity index is 1270. The molecule has 5 rings (SSSR count). The lowest BCUT2D eigenvalue weighted by molar-refractivity contribution is 0.0997. The number of anilines is 2. The van der Waals surface area contributed by atoms with Crippen molar-refractivity contribution in [2.45, 2.75) is 38.6 Å². The van der Waals surface area contributed by atoms with Crippen LogP contribution in [-0.2, 0) is 12.8 Å². The average molecular weight is 478 g/mol. The number of carbonyl (C=O) groups excluding carboxylic acids is 1. The Hall–Kier alpha value is -3.09. The molecular formula is C26H24ClN3O2S. The Balaban J connectivity index is 1.61. The zero-order chi connectivity index (χ0) is 22.8. The molecule has 1 atom stereocenters. The van der Waals surface area contributed by atoms with Crippen molar-refractivity contribution in [2.75, 3.05) is 10.6 Å². The minimum absolute atomic E-state index is 0.193. The SMILES string of the molecule is Cc1ccnc(N[C@@H](c2ccc(Cl)cc2)c2c(NC(=O)c3ccco3)sc3c2CCCC3)c1. The number of nitrogens with zero attached hydrogens (tertiary/aromatic N) is 1. The second-order valence-electron chi connectivity index (χ2n) is 8.23. The summed E-state index contributed by atoms with van der Waals surface area (Å²) in [5.41, 5.74) is 4.60. The number of carbonyl (C=O) groups is 1. The first kappa shape index (κ1) is 21.7. The number of furan rings is 1. The number of hydrogen-bond acceptors (Lipinski definition) is 5. The summed E-state index contributed by atoms with van der Waals surface area (Å²) >= 11 is 7.86. The third kappa shape index (κ3) is 4.68. The summed E-state index contributed by atoms with van der Waals surface area (Å²) in [6.07, 6.45) is 7.63. The van der Waals surface area contributed by atoms with Gasteiger partial charge in [0.2, 0.25) is 0 Å². The molecule has 1 aliphatic carbocycles. The van der Waals surface area contributed by atoms with Gasteiger partial charge in [0.05, 0.1) is 12.3 Å². The van der Waals surface area contributed by atoms with Crippen LogP contribution in [-0.4, -0.2) is 10.9 Å². The molecule has 0 unspecified atom stereocenters. The minimum atomic E-state index is -0.247. The predicted octanol–water partition coefficient (Wildman–Crippen LogP) is 7.03. The lowest BCUT2D eigenvalue weighted by Crippen LogP contribution is -2.18. The van der Waals surface area contributed by atoms with Crippen LogP contribution in [0, 0.1) is 6.92 Å². The molecule has 0 bridgehead atoms. The lowest BCUT2D eigenvalue weighted by Gasteiger charge is -2.24. The Morgan fingerprint density at radius 2 is 1.97 bits per heavy atom. The van der Waals surface area contributed by atoms with Gasteiger partial charge in [-0.25, -0.2) is 4.98 Å². The largest absolute Gasteiger partial charge is 0.459 e. The monoisotopic (exact) mass is 477 g/mol. The van der Waals surface area contributed by atoms with Crippen molar-refractivity contribution < 1.29 is 9.21 Å². The maximum absolute atomic E-state index is 12.9. The van der Waals surface area contributed by atoms with Gasteiger partial charge in [0, 0.05) is 21.7 Å². The number of nitrogens with one attached hydrogen (secondary N) is 2. The van der Waals surface area contributed by atoms with Gasteiger partial charge in [0.1, 0.15) is 10.8 Å². The van der Waals surface area contributed by atoms with Crippen LogP contribution in [0.1, 0.15) is 56.6 Å². The van der Waals surface area contributed by atoms with Gasteiger partial charge in [-0.2, -0.15) is 0 Å². The van der Waals surface area contributed by atoms with Crippen LogP contribution >= 0.6 is 22.9 Å². The van der Waals surface area contributed by atoms with E-state index in [1.165, 1.54) is 16.7 Å². The molecule has 3 aromatic heterocycles. The van der Waals surface area contributed by atoms with E-state index in [0.717, 1.165) is 53.2 Å². The van der Waals surface area contributed by atoms with Gasteiger partial charge < -0.3 is 15.1 Å². The Morgan fingerprint density at radius 3 is 2.73 bits per heavy atom. The summed E-state index contributed by atoms with van der Waals surface area (Å²) in [6, 6.07) is 15.1. The average Bonchev–Trinajstić information content (AvgIpc) is 3.47. The topological polar surface area (TPSA) is 67.2 Å². The van der Waals surface area contributed by atoms with E-state index in [-0.39, 0.29) is 11.9 Å². The molecule has 0 fully saturated rings. The van der Waals surface area contributed by atoms with E-state index >= 15 is 0 Å². The smallest absolute Gasteiger partial charge is 0.291 e. The van der Waals surface area contributed by atoms with Crippen molar-refractivity contribution in [3.63, 3.8) is 0 Å². The number of aryl methyl sites for hydroxylation is 2. The fourth-order valence-electron chi connectivity index (χ4n) is 4.30. The molecule has 0 spiro atoms. The van der Waals surface area contributed by atoms with E-state index in [2.05, 4.69) is 15.6 Å². The van der Waals surface area contributed by atoms with E-state index in [4.69, 9.17) is 16.0 Å². The van der Waals surface area contributed by atoms with Crippen LogP contribution in [0.4, 0.5) is 10.8 Å². The fraction of sp³-hybridized carbons (Fsp3) is 0.231. The Kier molecular flexibility index (Phi) is 6.20. The van der Waals surface area contributed by atoms with Crippen LogP contribution < -0.4 is 10.6 Å². The van der Waals surface area contributed by atoms with Gasteiger partial charge in [-0.05, 0) is 85.7 Å². The number of halogens is 1. The minimum Gasteiger partial charge on any atom is -0.459 e. The summed E-state index contributed by atoms with van der Waals surface area (Å²) < 4.78 is 5.33. The third-order valence-corrected chi connectivity index (χ3v) is 7.36. The van der Waals surface area contributed by atoms with Crippen LogP contribution in [0.2, 0.25) is 5.02 Å². The standard InChI is InChI=1S/C26H24ClN3O2S/c1-16-12-13-28-22(15-16)29-24(17-8-10-18(27)11-9-17)23-19-5-2-3-7-21(19)33-26(23)30-25(31)20-6-4-14-32-20/h4,6,8-15,24H,2-3,5,7H2,1H3,(H,28,29)(H,30,31)/t24-/m0/s1. The van der Waals surface area contributed by atoms with Crippen LogP contribution in [0.25, 0.3) is 0 Å². The third-order valence-electron chi connectivity index (χ3n) is 5.88. The van der Waals surface area contributed by atoms with Crippen molar-refractivity contribution in [1.29, 1.82) is 0 Å². The van der Waals surface area contributed by atoms with Gasteiger partial charge in [0.15, 0.2) is 5.76 Å². The summed E-state index contributed by atoms with van der Waals surface area (Å²) in [5, 5.41) is 8.30. The van der Waals surface area contributed by atoms with Crippen LogP contribution in [0.5, 0.6) is 0 Å². The molecular weight excluding hydrogens is 454 g/mol. The number of thiophene rings is 1. The molecule has 1 aromatic carbocycles. The van der Waals surface area contributed by atoms with E-state index < -0.39 is 0 Å². The Morgan fingerprint density at radius 1 is 1.15 bits per heavy atom. The molecule has 33 heavy (non-hydrogen) atoms. The molecule has 0 saturated carbocycles. The molecule has 1 amide bonds. The van der Waals surface area contributed by atoms with E-state index in [1.807, 2.05) is 43.3 Å². The summed E-state index contributed by atoms with van der Waals surface area (Å²) in [5.74, 6) is 0.834. The molecule has 2 N–H and O–H groups in total. The highest BCUT2D eigenvalue weighted by Crippen LogP contribution is 2.44. The number of benzene rings is 1. The molecule has 5 nitrogen and oxygen atoms in total. The van der Waals surface area contributed by atoms with Crippen molar-refractivity contribution in [1.82, 2.24) is 4.98 Å². The normalized spacial score (nSPS) is 13.9. The van der Waals surface area contributed by atoms with Gasteiger partial charge in [-0.3, -0.25) is 4.79 Å². The first-order valence-corrected chi connectivity index (χ1v) is 12.2. The molecule has 0 radical (unpaired) electrons. The van der Waals surface area contributed by atoms with Crippen LogP contribution in [0.3, 0.4) is 0 Å². The van der Waals surface area contributed by atoms with Gasteiger partial charge in [0.25, 0.3) is 5.91 Å². The van der Waals surface area contributed by atoms with E-state index in [9.17, 15) is 4.79 Å². The van der Waals surface area contributed by atoms with Gasteiger partial charge in [-0.15, -0.1) is 11.3 Å². The van der Waals surface area contributed by atoms with E-state index in [1.54, 1.807) is 29.7 Å². The molecule has 4 aromatic rings. The van der Waals surface area contributed by atoms with E-state index in [0.29, 0.717) is 10.8 Å². The van der Waals surface area contributed by atoms with Crippen molar-refractivity contribution >= 4 is 39.7 Å². The number of fused-ring (bicyclic) bond motifs is 1. The number of aromatic nitrogens is 1. The summed E-state index contributed by atoms with van der Waals surface area (Å²) in [7, 11) is 0. The van der Waals surface area contributed by atoms with Crippen molar-refractivity contribution in [2.24, 2.45) is 0 Å². The highest BCUT2D eigenvalue weighted by molar-refractivity contribution is 7.16. The first-order chi connectivity index (χ1) is 16.1. The number of hydrogen-bond donors (Lipinski definition) is 2. The maximum Gasteiger partial charge on any atom is 0.291 e. The van der Waals surface area contributed by atoms with Crippen molar-refractivity contribution in [3.05, 3.63) is 98.9 Å². The molecule has 0 aliphatic heterocycles. The highest BCUT2D eigenvalue weighted by Gasteiger charge is 2.29. The van der Waals surface area contributed by atoms with Gasteiger partial charge >= 0.3 is 0 Å². The Labute approximate surface area is 201 Å². The molecule has 1 aliphatic rings. The quantitative estimate of drug-likeness (QED) is 0.313. The number of pyridine rings is 1. The van der Waals surface area contributed by atoms with Gasteiger partial charge in [-0.1, -0.05) is 23.7 Å². The second-order valence-corrected chi connectivity index (χ2v) is 9.77. The second kappa shape index (κ2) is 9.41. The zero-order valence-corrected chi connectivity index (χ0v) is 19.8. The number of amides is 1. The predicted molar refractivity (Wildman–Crippen MR) is 134 cm³/mol. The molecule has 7 heteroatoms. The summed E-state index contributed by atoms with van der Waals surface area (Å²) in [4.78, 5) is 18.8. The highest BCUT2D eigenvalue weighted by atomic mass is 35.5. The first-order valence-electron chi connectivity index (χ1n) is 11.0. The fourth-order valence-corrected chi connectivity index (χ4v) is 5.75. The van der Waals surface area contributed by atoms with Crippen LogP contribution in [0.15, 0.2) is 65.4 Å². The van der Waals surface area contributed by atoms with Crippen molar-refractivity contribution in [3.8, 4) is 0 Å². The molecule has 3 heterocycles. The maximum atomic E-state index is 12.9. The number of rotatable bonds is 6. The molecule has 0 saturated heterocycles.